The fourth-order valence-corrected chi connectivity index (χ4v) is 2.30. The highest BCUT2D eigenvalue weighted by atomic mass is 16.5. The van der Waals surface area contributed by atoms with Crippen LogP contribution in [0.25, 0.3) is 0 Å². The minimum atomic E-state index is -0.500. The molecule has 2 amide bonds. The molecule has 140 valence electrons. The molecule has 1 aliphatic heterocycles. The van der Waals surface area contributed by atoms with E-state index in [0.717, 1.165) is 5.06 Å². The van der Waals surface area contributed by atoms with Crippen molar-refractivity contribution in [1.29, 1.82) is 0 Å². The van der Waals surface area contributed by atoms with Crippen LogP contribution in [0.2, 0.25) is 0 Å². The Morgan fingerprint density at radius 3 is 1.96 bits per heavy atom. The Morgan fingerprint density at radius 2 is 1.60 bits per heavy atom. The van der Waals surface area contributed by atoms with Crippen molar-refractivity contribution in [3.8, 4) is 0 Å². The molecule has 7 nitrogen and oxygen atoms in total. The van der Waals surface area contributed by atoms with Gasteiger partial charge in [-0.15, -0.1) is 0 Å². The van der Waals surface area contributed by atoms with Gasteiger partial charge in [0.05, 0.1) is 35.9 Å². The first-order valence-electron chi connectivity index (χ1n) is 8.23. The quantitative estimate of drug-likeness (QED) is 0.599. The molecule has 0 aliphatic carbocycles. The lowest BCUT2D eigenvalue weighted by Crippen LogP contribution is -2.42. The van der Waals surface area contributed by atoms with Gasteiger partial charge in [0.15, 0.2) is 0 Å². The predicted molar refractivity (Wildman–Crippen MR) is 93.6 cm³/mol. The number of nitrogens with zero attached hydrogens (tertiary/aromatic N) is 2. The van der Waals surface area contributed by atoms with Crippen molar-refractivity contribution in [2.45, 2.75) is 39.4 Å². The van der Waals surface area contributed by atoms with Crippen molar-refractivity contribution in [2.24, 2.45) is 0 Å². The number of benzene rings is 1. The van der Waals surface area contributed by atoms with E-state index in [9.17, 15) is 14.8 Å². The van der Waals surface area contributed by atoms with E-state index in [4.69, 9.17) is 9.84 Å². The summed E-state index contributed by atoms with van der Waals surface area (Å²) in [6.07, 6.45) is -0.419. The van der Waals surface area contributed by atoms with E-state index in [2.05, 4.69) is 0 Å². The number of hydrogen-bond donors (Lipinski definition) is 2. The molecule has 0 saturated heterocycles. The Balaban J connectivity index is 0.000000550. The molecule has 1 heterocycles. The van der Waals surface area contributed by atoms with Crippen LogP contribution in [0.1, 0.15) is 48.4 Å². The van der Waals surface area contributed by atoms with Crippen LogP contribution in [0.3, 0.4) is 0 Å². The molecule has 2 rings (SSSR count). The summed E-state index contributed by atoms with van der Waals surface area (Å²) in [6.45, 7) is 7.85. The second-order valence-corrected chi connectivity index (χ2v) is 6.85. The molecule has 2 N–H and O–H groups in total. The Morgan fingerprint density at radius 1 is 1.16 bits per heavy atom. The standard InChI is InChI=1S/C14H18N2O4.C4H10O/c1-3-20-10(8-15(2)19)9-16-13(17)11-6-4-5-7-12(11)14(16)18;1-4(2,3)5/h4-7,10,19H,3,8-9H2,1-2H3;5H,1-3H3/t10-;/m0./s1. The number of hydrogen-bond acceptors (Lipinski definition) is 6. The van der Waals surface area contributed by atoms with Crippen LogP contribution in [0.15, 0.2) is 24.3 Å². The first kappa shape index (κ1) is 21.2. The van der Waals surface area contributed by atoms with Crippen molar-refractivity contribution in [2.75, 3.05) is 26.7 Å². The Kier molecular flexibility index (Phi) is 7.69. The summed E-state index contributed by atoms with van der Waals surface area (Å²) in [5.74, 6) is -0.619. The van der Waals surface area contributed by atoms with Gasteiger partial charge in [-0.1, -0.05) is 12.1 Å². The molecule has 0 radical (unpaired) electrons. The second kappa shape index (κ2) is 9.05. The zero-order valence-corrected chi connectivity index (χ0v) is 15.5. The van der Waals surface area contributed by atoms with Crippen molar-refractivity contribution in [3.05, 3.63) is 35.4 Å². The van der Waals surface area contributed by atoms with E-state index < -0.39 is 11.7 Å². The maximum atomic E-state index is 12.2. The minimum Gasteiger partial charge on any atom is -0.391 e. The lowest BCUT2D eigenvalue weighted by molar-refractivity contribution is -0.103. The smallest absolute Gasteiger partial charge is 0.261 e. The van der Waals surface area contributed by atoms with Crippen molar-refractivity contribution in [1.82, 2.24) is 9.96 Å². The number of amides is 2. The average molecular weight is 352 g/mol. The van der Waals surface area contributed by atoms with Gasteiger partial charge in [0.2, 0.25) is 0 Å². The fraction of sp³-hybridized carbons (Fsp3) is 0.556. The fourth-order valence-electron chi connectivity index (χ4n) is 2.30. The van der Waals surface area contributed by atoms with Crippen molar-refractivity contribution in [3.63, 3.8) is 0 Å². The number of carbonyl (C=O) groups excluding carboxylic acids is 2. The third-order valence-corrected chi connectivity index (χ3v) is 3.13. The molecular weight excluding hydrogens is 324 g/mol. The monoisotopic (exact) mass is 352 g/mol. The van der Waals surface area contributed by atoms with Gasteiger partial charge in [-0.25, -0.2) is 0 Å². The van der Waals surface area contributed by atoms with Gasteiger partial charge in [-0.3, -0.25) is 14.5 Å². The Bertz CT molecular complexity index is 554. The zero-order valence-electron chi connectivity index (χ0n) is 15.5. The minimum absolute atomic E-state index is 0.130. The molecule has 0 spiro atoms. The van der Waals surface area contributed by atoms with Crippen LogP contribution in [-0.4, -0.2) is 70.5 Å². The van der Waals surface area contributed by atoms with Crippen LogP contribution >= 0.6 is 0 Å². The van der Waals surface area contributed by atoms with Crippen LogP contribution in [0, 0.1) is 0 Å². The third kappa shape index (κ3) is 6.91. The molecular formula is C18H28N2O5. The first-order chi connectivity index (χ1) is 11.5. The van der Waals surface area contributed by atoms with Gasteiger partial charge < -0.3 is 15.1 Å². The summed E-state index contributed by atoms with van der Waals surface area (Å²) in [7, 11) is 1.49. The van der Waals surface area contributed by atoms with E-state index in [1.165, 1.54) is 11.9 Å². The Labute approximate surface area is 148 Å². The van der Waals surface area contributed by atoms with E-state index in [1.54, 1.807) is 45.0 Å². The van der Waals surface area contributed by atoms with Gasteiger partial charge in [0.1, 0.15) is 0 Å². The number of imide groups is 1. The van der Waals surface area contributed by atoms with E-state index in [-0.39, 0.29) is 24.9 Å². The van der Waals surface area contributed by atoms with Gasteiger partial charge in [-0.05, 0) is 39.8 Å². The highest BCUT2D eigenvalue weighted by Crippen LogP contribution is 2.22. The summed E-state index contributed by atoms with van der Waals surface area (Å²) in [5.41, 5.74) is 0.343. The second-order valence-electron chi connectivity index (χ2n) is 6.85. The molecule has 0 aromatic heterocycles. The largest absolute Gasteiger partial charge is 0.391 e. The highest BCUT2D eigenvalue weighted by molar-refractivity contribution is 6.21. The molecule has 1 aromatic rings. The van der Waals surface area contributed by atoms with E-state index >= 15 is 0 Å². The number of hydroxylamine groups is 2. The Hall–Kier alpha value is -1.80. The van der Waals surface area contributed by atoms with Crippen LogP contribution in [0.4, 0.5) is 0 Å². The summed E-state index contributed by atoms with van der Waals surface area (Å²) in [6, 6.07) is 6.75. The van der Waals surface area contributed by atoms with E-state index in [1.807, 2.05) is 6.92 Å². The van der Waals surface area contributed by atoms with Gasteiger partial charge in [0.25, 0.3) is 11.8 Å². The van der Waals surface area contributed by atoms with Crippen LogP contribution < -0.4 is 0 Å². The summed E-state index contributed by atoms with van der Waals surface area (Å²) in [4.78, 5) is 25.6. The van der Waals surface area contributed by atoms with Gasteiger partial charge >= 0.3 is 0 Å². The van der Waals surface area contributed by atoms with Gasteiger partial charge in [0, 0.05) is 13.7 Å². The lowest BCUT2D eigenvalue weighted by Gasteiger charge is -2.24. The topological polar surface area (TPSA) is 90.3 Å². The highest BCUT2D eigenvalue weighted by Gasteiger charge is 2.36. The maximum absolute atomic E-state index is 12.2. The number of aliphatic hydroxyl groups is 1. The molecule has 1 aliphatic rings. The first-order valence-corrected chi connectivity index (χ1v) is 8.23. The lowest BCUT2D eigenvalue weighted by atomic mass is 10.1. The number of likely N-dealkylation sites (N-methyl/N-ethyl adjacent to an activating group) is 1. The SMILES string of the molecule is CC(C)(C)O.CCO[C@@H](CN(C)O)CN1C(=O)c2ccccc2C1=O. The predicted octanol–water partition coefficient (Wildman–Crippen LogP) is 1.79. The molecule has 0 fully saturated rings. The van der Waals surface area contributed by atoms with Gasteiger partial charge in [-0.2, -0.15) is 5.06 Å². The number of fused-ring (bicyclic) bond motifs is 1. The molecule has 0 saturated carbocycles. The number of ether oxygens (including phenoxy) is 1. The van der Waals surface area contributed by atoms with Crippen molar-refractivity contribution < 1.29 is 24.6 Å². The van der Waals surface area contributed by atoms with Crippen molar-refractivity contribution >= 4 is 11.8 Å². The molecule has 25 heavy (non-hydrogen) atoms. The van der Waals surface area contributed by atoms with E-state index in [0.29, 0.717) is 17.7 Å². The molecule has 7 heteroatoms. The molecule has 0 unspecified atom stereocenters. The molecule has 0 bridgehead atoms. The number of rotatable bonds is 6. The van der Waals surface area contributed by atoms with Crippen LogP contribution in [0.5, 0.6) is 0 Å². The zero-order chi connectivity index (χ0) is 19.2. The molecule has 1 aromatic carbocycles. The van der Waals surface area contributed by atoms with Crippen LogP contribution in [-0.2, 0) is 4.74 Å². The summed E-state index contributed by atoms with van der Waals surface area (Å²) < 4.78 is 5.46. The normalized spacial score (nSPS) is 15.1. The number of carbonyl (C=O) groups is 2. The summed E-state index contributed by atoms with van der Waals surface area (Å²) in [5, 5.41) is 18.8. The summed E-state index contributed by atoms with van der Waals surface area (Å²) >= 11 is 0. The average Bonchev–Trinajstić information content (AvgIpc) is 2.71. The molecule has 1 atom stereocenters. The third-order valence-electron chi connectivity index (χ3n) is 3.13. The maximum Gasteiger partial charge on any atom is 0.261 e.